The third-order valence-electron chi connectivity index (χ3n) is 6.38. The average molecular weight is 405 g/mol. The first-order valence-electron chi connectivity index (χ1n) is 11.6. The topological polar surface area (TPSA) is 0 Å². The van der Waals surface area contributed by atoms with E-state index in [1.165, 1.54) is 54.6 Å². The standard InChI is InChI=1S/C27H20.2C2H6/c1-27(2)24-16-20-9-4-3-8-19(20)15-23(24)22-14-13-18-12-11-17-7-5-6-10-21(17)25(18)26(22)27;2*1-2/h3-16H,1-2H3;2*1-2H3. The van der Waals surface area contributed by atoms with Crippen LogP contribution in [-0.2, 0) is 5.41 Å². The first kappa shape index (κ1) is 21.1. The Morgan fingerprint density at radius 2 is 1.06 bits per heavy atom. The molecule has 0 saturated heterocycles. The first-order valence-corrected chi connectivity index (χ1v) is 11.6. The maximum absolute atomic E-state index is 2.40. The first-order chi connectivity index (χ1) is 15.1. The fraction of sp³-hybridized carbons (Fsp3) is 0.226. The van der Waals surface area contributed by atoms with Crippen LogP contribution in [0.25, 0.3) is 43.4 Å². The summed E-state index contributed by atoms with van der Waals surface area (Å²) in [5.74, 6) is 0. The number of hydrogen-bond acceptors (Lipinski definition) is 0. The van der Waals surface area contributed by atoms with E-state index in [2.05, 4.69) is 98.8 Å². The minimum atomic E-state index is -0.0155. The van der Waals surface area contributed by atoms with Crippen LogP contribution in [0, 0.1) is 0 Å². The van der Waals surface area contributed by atoms with Crippen LogP contribution >= 0.6 is 0 Å². The van der Waals surface area contributed by atoms with Crippen molar-refractivity contribution in [1.29, 1.82) is 0 Å². The van der Waals surface area contributed by atoms with E-state index >= 15 is 0 Å². The summed E-state index contributed by atoms with van der Waals surface area (Å²) in [6, 6.07) is 31.4. The van der Waals surface area contributed by atoms with Crippen molar-refractivity contribution in [3.05, 3.63) is 96.1 Å². The molecule has 5 aromatic rings. The number of fused-ring (bicyclic) bond motifs is 8. The lowest BCUT2D eigenvalue weighted by atomic mass is 9.79. The maximum atomic E-state index is 2.40. The van der Waals surface area contributed by atoms with Gasteiger partial charge in [-0.1, -0.05) is 114 Å². The van der Waals surface area contributed by atoms with E-state index in [-0.39, 0.29) is 5.41 Å². The van der Waals surface area contributed by atoms with Crippen molar-refractivity contribution in [3.63, 3.8) is 0 Å². The molecule has 0 bridgehead atoms. The minimum Gasteiger partial charge on any atom is -0.0683 e. The second-order valence-corrected chi connectivity index (χ2v) is 8.24. The van der Waals surface area contributed by atoms with Gasteiger partial charge < -0.3 is 0 Å². The quantitative estimate of drug-likeness (QED) is 0.225. The molecule has 0 unspecified atom stereocenters. The lowest BCUT2D eigenvalue weighted by molar-refractivity contribution is 0.667. The highest BCUT2D eigenvalue weighted by atomic mass is 14.4. The van der Waals surface area contributed by atoms with Gasteiger partial charge in [-0.15, -0.1) is 0 Å². The van der Waals surface area contributed by atoms with Crippen LogP contribution in [0.5, 0.6) is 0 Å². The van der Waals surface area contributed by atoms with E-state index in [0.29, 0.717) is 0 Å². The highest BCUT2D eigenvalue weighted by molar-refractivity contribution is 6.13. The molecule has 0 amide bonds. The van der Waals surface area contributed by atoms with Crippen molar-refractivity contribution in [1.82, 2.24) is 0 Å². The molecule has 5 aromatic carbocycles. The second-order valence-electron chi connectivity index (χ2n) is 8.24. The van der Waals surface area contributed by atoms with Crippen molar-refractivity contribution in [2.45, 2.75) is 47.0 Å². The Kier molecular flexibility index (Phi) is 5.58. The summed E-state index contributed by atoms with van der Waals surface area (Å²) in [5, 5.41) is 8.06. The fourth-order valence-electron chi connectivity index (χ4n) is 5.09. The second kappa shape index (κ2) is 8.19. The molecule has 0 fully saturated rings. The van der Waals surface area contributed by atoms with Gasteiger partial charge in [-0.05, 0) is 66.7 Å². The summed E-state index contributed by atoms with van der Waals surface area (Å²) in [6.45, 7) is 12.8. The van der Waals surface area contributed by atoms with Crippen molar-refractivity contribution in [2.24, 2.45) is 0 Å². The average Bonchev–Trinajstić information content (AvgIpc) is 3.06. The van der Waals surface area contributed by atoms with Crippen molar-refractivity contribution < 1.29 is 0 Å². The molecule has 0 saturated carbocycles. The molecular weight excluding hydrogens is 372 g/mol. The molecule has 0 atom stereocenters. The van der Waals surface area contributed by atoms with E-state index in [9.17, 15) is 0 Å². The smallest absolute Gasteiger partial charge is 0.0165 e. The summed E-state index contributed by atoms with van der Waals surface area (Å²) in [6.07, 6.45) is 0. The molecule has 1 aliphatic carbocycles. The van der Waals surface area contributed by atoms with Crippen LogP contribution in [0.2, 0.25) is 0 Å². The highest BCUT2D eigenvalue weighted by Gasteiger charge is 2.37. The van der Waals surface area contributed by atoms with E-state index in [0.717, 1.165) is 0 Å². The zero-order valence-corrected chi connectivity index (χ0v) is 19.6. The molecule has 0 N–H and O–H groups in total. The van der Waals surface area contributed by atoms with E-state index in [1.54, 1.807) is 0 Å². The highest BCUT2D eigenvalue weighted by Crippen LogP contribution is 2.53. The fourth-order valence-corrected chi connectivity index (χ4v) is 5.09. The van der Waals surface area contributed by atoms with Crippen molar-refractivity contribution >= 4 is 32.3 Å². The molecule has 0 aromatic heterocycles. The summed E-state index contributed by atoms with van der Waals surface area (Å²) in [7, 11) is 0. The van der Waals surface area contributed by atoms with E-state index in [4.69, 9.17) is 0 Å². The molecule has 0 aliphatic heterocycles. The minimum absolute atomic E-state index is 0.0155. The third kappa shape index (κ3) is 3.13. The van der Waals surface area contributed by atoms with Gasteiger partial charge in [0.2, 0.25) is 0 Å². The van der Waals surface area contributed by atoms with Gasteiger partial charge in [0.1, 0.15) is 0 Å². The maximum Gasteiger partial charge on any atom is 0.0165 e. The van der Waals surface area contributed by atoms with Crippen LogP contribution in [-0.4, -0.2) is 0 Å². The van der Waals surface area contributed by atoms with Crippen molar-refractivity contribution in [2.75, 3.05) is 0 Å². The third-order valence-corrected chi connectivity index (χ3v) is 6.38. The van der Waals surface area contributed by atoms with Crippen LogP contribution in [0.3, 0.4) is 0 Å². The predicted molar refractivity (Wildman–Crippen MR) is 139 cm³/mol. The van der Waals surface area contributed by atoms with Gasteiger partial charge in [-0.2, -0.15) is 0 Å². The molecule has 1 aliphatic rings. The Hall–Kier alpha value is -3.12. The molecule has 0 spiro atoms. The molecule has 0 radical (unpaired) electrons. The zero-order chi connectivity index (χ0) is 22.2. The van der Waals surface area contributed by atoms with E-state index < -0.39 is 0 Å². The predicted octanol–water partition coefficient (Wildman–Crippen LogP) is 9.50. The largest absolute Gasteiger partial charge is 0.0683 e. The molecule has 6 rings (SSSR count). The number of benzene rings is 5. The van der Waals surface area contributed by atoms with Crippen LogP contribution in [0.4, 0.5) is 0 Å². The Morgan fingerprint density at radius 3 is 1.77 bits per heavy atom. The normalized spacial score (nSPS) is 13.1. The number of hydrogen-bond donors (Lipinski definition) is 0. The molecule has 31 heavy (non-hydrogen) atoms. The lowest BCUT2D eigenvalue weighted by Gasteiger charge is -2.24. The van der Waals surface area contributed by atoms with Crippen molar-refractivity contribution in [3.8, 4) is 11.1 Å². The van der Waals surface area contributed by atoms with Gasteiger partial charge in [0.25, 0.3) is 0 Å². The van der Waals surface area contributed by atoms with E-state index in [1.807, 2.05) is 27.7 Å². The monoisotopic (exact) mass is 404 g/mol. The summed E-state index contributed by atoms with van der Waals surface area (Å²) >= 11 is 0. The summed E-state index contributed by atoms with van der Waals surface area (Å²) in [4.78, 5) is 0. The van der Waals surface area contributed by atoms with Crippen LogP contribution < -0.4 is 0 Å². The Balaban J connectivity index is 0.000000549. The molecule has 0 heterocycles. The molecule has 156 valence electrons. The van der Waals surface area contributed by atoms with Gasteiger partial charge in [-0.25, -0.2) is 0 Å². The van der Waals surface area contributed by atoms with Crippen LogP contribution in [0.15, 0.2) is 84.9 Å². The lowest BCUT2D eigenvalue weighted by Crippen LogP contribution is -2.15. The Labute approximate surface area is 186 Å². The molecule has 0 nitrogen and oxygen atoms in total. The van der Waals surface area contributed by atoms with Gasteiger partial charge in [0, 0.05) is 5.41 Å². The number of rotatable bonds is 0. The molecular formula is C31H32. The Bertz CT molecular complexity index is 1390. The summed E-state index contributed by atoms with van der Waals surface area (Å²) in [5.41, 5.74) is 5.69. The van der Waals surface area contributed by atoms with Gasteiger partial charge in [0.05, 0.1) is 0 Å². The summed E-state index contributed by atoms with van der Waals surface area (Å²) < 4.78 is 0. The van der Waals surface area contributed by atoms with Crippen LogP contribution in [0.1, 0.15) is 52.7 Å². The zero-order valence-electron chi connectivity index (χ0n) is 19.6. The van der Waals surface area contributed by atoms with Gasteiger partial charge in [0.15, 0.2) is 0 Å². The Morgan fingerprint density at radius 1 is 0.516 bits per heavy atom. The molecule has 0 heteroatoms. The SMILES string of the molecule is CC.CC.CC1(C)c2cc3ccccc3cc2-c2ccc3ccc4ccccc4c3c21. The van der Waals surface area contributed by atoms with Gasteiger partial charge in [-0.3, -0.25) is 0 Å². The van der Waals surface area contributed by atoms with Gasteiger partial charge >= 0.3 is 0 Å².